The molecular formula is C22H21N3O3. The Bertz CT molecular complexity index is 1060. The van der Waals surface area contributed by atoms with E-state index in [1.807, 2.05) is 42.5 Å². The van der Waals surface area contributed by atoms with Crippen LogP contribution in [-0.4, -0.2) is 34.2 Å². The van der Waals surface area contributed by atoms with Crippen molar-refractivity contribution in [3.8, 4) is 17.0 Å². The van der Waals surface area contributed by atoms with Crippen LogP contribution in [0.1, 0.15) is 11.1 Å². The number of nitrogens with zero attached hydrogens (tertiary/aromatic N) is 3. The third-order valence-corrected chi connectivity index (χ3v) is 5.02. The molecule has 142 valence electrons. The molecule has 6 nitrogen and oxygen atoms in total. The van der Waals surface area contributed by atoms with Gasteiger partial charge >= 0.3 is 0 Å². The first-order chi connectivity index (χ1) is 13.6. The molecule has 6 heteroatoms. The van der Waals surface area contributed by atoms with Crippen LogP contribution in [0.2, 0.25) is 0 Å². The molecule has 0 bridgehead atoms. The molecular weight excluding hydrogens is 354 g/mol. The molecule has 0 fully saturated rings. The van der Waals surface area contributed by atoms with Crippen LogP contribution in [0.4, 0.5) is 0 Å². The summed E-state index contributed by atoms with van der Waals surface area (Å²) in [6, 6.07) is 18.7. The number of aromatic nitrogens is 2. The summed E-state index contributed by atoms with van der Waals surface area (Å²) in [5.41, 5.74) is 3.65. The highest BCUT2D eigenvalue weighted by molar-refractivity contribution is 5.76. The molecule has 0 saturated carbocycles. The van der Waals surface area contributed by atoms with Crippen LogP contribution in [0, 0.1) is 0 Å². The van der Waals surface area contributed by atoms with E-state index < -0.39 is 0 Å². The van der Waals surface area contributed by atoms with Gasteiger partial charge in [0.2, 0.25) is 5.91 Å². The monoisotopic (exact) mass is 375 g/mol. The maximum absolute atomic E-state index is 12.8. The van der Waals surface area contributed by atoms with Crippen LogP contribution in [0.5, 0.6) is 5.75 Å². The summed E-state index contributed by atoms with van der Waals surface area (Å²) in [4.78, 5) is 26.8. The van der Waals surface area contributed by atoms with E-state index in [-0.39, 0.29) is 18.0 Å². The van der Waals surface area contributed by atoms with Gasteiger partial charge in [-0.05, 0) is 47.9 Å². The van der Waals surface area contributed by atoms with Crippen LogP contribution in [0.15, 0.2) is 65.5 Å². The first-order valence-corrected chi connectivity index (χ1v) is 9.21. The summed E-state index contributed by atoms with van der Waals surface area (Å²) in [6.07, 6.45) is 0.829. The minimum absolute atomic E-state index is 0.0645. The summed E-state index contributed by atoms with van der Waals surface area (Å²) in [5, 5.41) is 4.39. The van der Waals surface area contributed by atoms with Gasteiger partial charge < -0.3 is 9.64 Å². The molecule has 3 aromatic rings. The smallest absolute Gasteiger partial charge is 0.267 e. The fraction of sp³-hybridized carbons (Fsp3) is 0.227. The summed E-state index contributed by atoms with van der Waals surface area (Å²) < 4.78 is 6.41. The second-order valence-electron chi connectivity index (χ2n) is 6.78. The largest absolute Gasteiger partial charge is 0.497 e. The Hall–Kier alpha value is -3.41. The number of hydrogen-bond acceptors (Lipinski definition) is 4. The normalized spacial score (nSPS) is 13.1. The van der Waals surface area contributed by atoms with E-state index in [4.69, 9.17) is 4.74 Å². The van der Waals surface area contributed by atoms with E-state index in [1.165, 1.54) is 16.3 Å². The number of rotatable bonds is 4. The molecule has 0 N–H and O–H groups in total. The third-order valence-electron chi connectivity index (χ3n) is 5.02. The second-order valence-corrected chi connectivity index (χ2v) is 6.78. The Morgan fingerprint density at radius 1 is 1.04 bits per heavy atom. The zero-order valence-electron chi connectivity index (χ0n) is 15.7. The number of carbonyl (C=O) groups excluding carboxylic acids is 1. The molecule has 0 atom stereocenters. The van der Waals surface area contributed by atoms with Crippen molar-refractivity contribution in [2.24, 2.45) is 0 Å². The van der Waals surface area contributed by atoms with E-state index in [1.54, 1.807) is 18.1 Å². The van der Waals surface area contributed by atoms with Crippen molar-refractivity contribution < 1.29 is 9.53 Å². The SMILES string of the molecule is COc1ccc(-c2ccc(=O)n(CC(=O)N3CCc4ccccc4C3)n2)cc1. The van der Waals surface area contributed by atoms with Crippen molar-refractivity contribution in [1.29, 1.82) is 0 Å². The van der Waals surface area contributed by atoms with Crippen molar-refractivity contribution in [3.63, 3.8) is 0 Å². The van der Waals surface area contributed by atoms with E-state index in [0.29, 0.717) is 18.8 Å². The van der Waals surface area contributed by atoms with Crippen molar-refractivity contribution in [1.82, 2.24) is 14.7 Å². The average molecular weight is 375 g/mol. The van der Waals surface area contributed by atoms with Crippen LogP contribution in [0.3, 0.4) is 0 Å². The van der Waals surface area contributed by atoms with Crippen LogP contribution in [-0.2, 0) is 24.3 Å². The lowest BCUT2D eigenvalue weighted by molar-refractivity contribution is -0.133. The Labute approximate surface area is 163 Å². The highest BCUT2D eigenvalue weighted by atomic mass is 16.5. The lowest BCUT2D eigenvalue weighted by Crippen LogP contribution is -2.40. The molecule has 1 aliphatic rings. The Morgan fingerprint density at radius 3 is 2.54 bits per heavy atom. The minimum atomic E-state index is -0.289. The fourth-order valence-electron chi connectivity index (χ4n) is 3.41. The highest BCUT2D eigenvalue weighted by Crippen LogP contribution is 2.20. The number of carbonyl (C=O) groups is 1. The molecule has 0 saturated heterocycles. The first-order valence-electron chi connectivity index (χ1n) is 9.21. The Morgan fingerprint density at radius 2 is 1.79 bits per heavy atom. The Kier molecular flexibility index (Phi) is 4.93. The van der Waals surface area contributed by atoms with Crippen LogP contribution in [0.25, 0.3) is 11.3 Å². The van der Waals surface area contributed by atoms with Gasteiger partial charge in [-0.3, -0.25) is 9.59 Å². The molecule has 0 radical (unpaired) electrons. The number of benzene rings is 2. The second kappa shape index (κ2) is 7.68. The number of fused-ring (bicyclic) bond motifs is 1. The molecule has 2 heterocycles. The van der Waals surface area contributed by atoms with Gasteiger partial charge in [0.1, 0.15) is 12.3 Å². The lowest BCUT2D eigenvalue weighted by atomic mass is 10.00. The van der Waals surface area contributed by atoms with E-state index in [0.717, 1.165) is 23.3 Å². The summed E-state index contributed by atoms with van der Waals surface area (Å²) in [5.74, 6) is 0.647. The standard InChI is InChI=1S/C22H21N3O3/c1-28-19-8-6-17(7-9-19)20-10-11-21(26)25(23-20)15-22(27)24-13-12-16-4-2-3-5-18(16)14-24/h2-11H,12-15H2,1H3. The van der Waals surface area contributed by atoms with E-state index in [2.05, 4.69) is 11.2 Å². The third kappa shape index (κ3) is 3.67. The van der Waals surface area contributed by atoms with Gasteiger partial charge in [-0.1, -0.05) is 24.3 Å². The number of hydrogen-bond donors (Lipinski definition) is 0. The Balaban J connectivity index is 1.53. The molecule has 28 heavy (non-hydrogen) atoms. The number of ether oxygens (including phenoxy) is 1. The maximum atomic E-state index is 12.8. The van der Waals surface area contributed by atoms with Crippen molar-refractivity contribution >= 4 is 5.91 Å². The molecule has 4 rings (SSSR count). The molecule has 2 aromatic carbocycles. The average Bonchev–Trinajstić information content (AvgIpc) is 2.75. The lowest BCUT2D eigenvalue weighted by Gasteiger charge is -2.29. The number of amides is 1. The van der Waals surface area contributed by atoms with Crippen LogP contribution < -0.4 is 10.3 Å². The molecule has 1 aliphatic heterocycles. The van der Waals surface area contributed by atoms with Crippen molar-refractivity contribution in [2.45, 2.75) is 19.5 Å². The van der Waals surface area contributed by atoms with Crippen molar-refractivity contribution in [3.05, 3.63) is 82.1 Å². The van der Waals surface area contributed by atoms with Gasteiger partial charge in [0.25, 0.3) is 5.56 Å². The summed E-state index contributed by atoms with van der Waals surface area (Å²) >= 11 is 0. The topological polar surface area (TPSA) is 64.4 Å². The highest BCUT2D eigenvalue weighted by Gasteiger charge is 2.21. The molecule has 0 aliphatic carbocycles. The van der Waals surface area contributed by atoms with Gasteiger partial charge in [-0.15, -0.1) is 0 Å². The molecule has 1 aromatic heterocycles. The van der Waals surface area contributed by atoms with Crippen LogP contribution >= 0.6 is 0 Å². The zero-order valence-corrected chi connectivity index (χ0v) is 15.7. The van der Waals surface area contributed by atoms with E-state index in [9.17, 15) is 9.59 Å². The quantitative estimate of drug-likeness (QED) is 0.703. The van der Waals surface area contributed by atoms with Gasteiger partial charge in [0, 0.05) is 24.7 Å². The predicted octanol–water partition coefficient (Wildman–Crippen LogP) is 2.50. The molecule has 0 spiro atoms. The van der Waals surface area contributed by atoms with Crippen molar-refractivity contribution in [2.75, 3.05) is 13.7 Å². The first kappa shape index (κ1) is 18.0. The summed E-state index contributed by atoms with van der Waals surface area (Å²) in [6.45, 7) is 1.16. The summed E-state index contributed by atoms with van der Waals surface area (Å²) in [7, 11) is 1.61. The number of methoxy groups -OCH3 is 1. The van der Waals surface area contributed by atoms with Gasteiger partial charge in [0.15, 0.2) is 0 Å². The predicted molar refractivity (Wildman–Crippen MR) is 106 cm³/mol. The van der Waals surface area contributed by atoms with Gasteiger partial charge in [-0.2, -0.15) is 5.10 Å². The van der Waals surface area contributed by atoms with Gasteiger partial charge in [0.05, 0.1) is 12.8 Å². The maximum Gasteiger partial charge on any atom is 0.267 e. The van der Waals surface area contributed by atoms with Gasteiger partial charge in [-0.25, -0.2) is 4.68 Å². The van der Waals surface area contributed by atoms with E-state index >= 15 is 0 Å². The molecule has 0 unspecified atom stereocenters. The fourth-order valence-corrected chi connectivity index (χ4v) is 3.41. The minimum Gasteiger partial charge on any atom is -0.497 e. The zero-order chi connectivity index (χ0) is 19.5. The molecule has 1 amide bonds.